The summed E-state index contributed by atoms with van der Waals surface area (Å²) in [6.45, 7) is 8.76. The molecular weight excluding hydrogens is 242 g/mol. The van der Waals surface area contributed by atoms with Crippen LogP contribution in [0.15, 0.2) is 0 Å². The van der Waals surface area contributed by atoms with Gasteiger partial charge in [0.25, 0.3) is 0 Å². The number of carbonyl (C=O) groups is 1. The topological polar surface area (TPSA) is 38.8 Å². The highest BCUT2D eigenvalue weighted by molar-refractivity contribution is 5.71. The number of nitrogens with zero attached hydrogens (tertiary/aromatic N) is 1. The Labute approximate surface area is 116 Å². The maximum atomic E-state index is 11.8. The molecule has 19 heavy (non-hydrogen) atoms. The van der Waals surface area contributed by atoms with Crippen LogP contribution in [0, 0.1) is 17.8 Å². The predicted molar refractivity (Wildman–Crippen MR) is 73.9 cm³/mol. The van der Waals surface area contributed by atoms with Crippen LogP contribution in [0.5, 0.6) is 0 Å². The lowest BCUT2D eigenvalue weighted by Gasteiger charge is -2.32. The van der Waals surface area contributed by atoms with Gasteiger partial charge < -0.3 is 9.47 Å². The molecular formula is C15H27NO3. The number of carbonyl (C=O) groups excluding carboxylic acids is 1. The monoisotopic (exact) mass is 269 g/mol. The van der Waals surface area contributed by atoms with E-state index in [4.69, 9.17) is 9.47 Å². The van der Waals surface area contributed by atoms with Gasteiger partial charge in [-0.15, -0.1) is 0 Å². The second kappa shape index (κ2) is 7.25. The van der Waals surface area contributed by atoms with Crippen molar-refractivity contribution in [2.45, 2.75) is 33.1 Å². The molecule has 3 atom stereocenters. The van der Waals surface area contributed by atoms with E-state index in [0.717, 1.165) is 32.2 Å². The first kappa shape index (κ1) is 14.8. The fourth-order valence-electron chi connectivity index (χ4n) is 3.16. The van der Waals surface area contributed by atoms with Crippen molar-refractivity contribution in [1.29, 1.82) is 0 Å². The molecule has 0 aromatic carbocycles. The summed E-state index contributed by atoms with van der Waals surface area (Å²) < 4.78 is 10.7. The number of rotatable bonds is 4. The third-order valence-electron chi connectivity index (χ3n) is 4.52. The van der Waals surface area contributed by atoms with Crippen LogP contribution in [-0.4, -0.2) is 50.3 Å². The van der Waals surface area contributed by atoms with E-state index in [1.807, 2.05) is 0 Å². The van der Waals surface area contributed by atoms with E-state index >= 15 is 0 Å². The van der Waals surface area contributed by atoms with E-state index in [-0.39, 0.29) is 5.97 Å². The standard InChI is InChI=1S/C15H27NO3/c1-12-3-4-14(13(2)9-12)11-19-15(17)10-16-5-7-18-8-6-16/h12-14H,3-11H2,1-2H3/t12-,13+,14+/m1/s1. The predicted octanol–water partition coefficient (Wildman–Crippen LogP) is 1.93. The van der Waals surface area contributed by atoms with Gasteiger partial charge in [0.2, 0.25) is 0 Å². The van der Waals surface area contributed by atoms with E-state index in [0.29, 0.717) is 25.0 Å². The van der Waals surface area contributed by atoms with Crippen LogP contribution in [-0.2, 0) is 14.3 Å². The first-order valence-corrected chi connectivity index (χ1v) is 7.61. The van der Waals surface area contributed by atoms with Gasteiger partial charge in [0.1, 0.15) is 0 Å². The van der Waals surface area contributed by atoms with Crippen LogP contribution >= 0.6 is 0 Å². The number of morpholine rings is 1. The highest BCUT2D eigenvalue weighted by Crippen LogP contribution is 2.33. The van der Waals surface area contributed by atoms with Crippen molar-refractivity contribution in [2.75, 3.05) is 39.5 Å². The Morgan fingerprint density at radius 1 is 1.26 bits per heavy atom. The van der Waals surface area contributed by atoms with Crippen molar-refractivity contribution in [3.8, 4) is 0 Å². The molecule has 0 radical (unpaired) electrons. The Morgan fingerprint density at radius 2 is 2.00 bits per heavy atom. The van der Waals surface area contributed by atoms with E-state index in [1.165, 1.54) is 19.3 Å². The lowest BCUT2D eigenvalue weighted by atomic mass is 9.76. The van der Waals surface area contributed by atoms with Gasteiger partial charge in [-0.3, -0.25) is 9.69 Å². The van der Waals surface area contributed by atoms with Crippen molar-refractivity contribution in [1.82, 2.24) is 4.90 Å². The molecule has 1 saturated heterocycles. The first-order valence-electron chi connectivity index (χ1n) is 7.61. The molecule has 4 nitrogen and oxygen atoms in total. The average molecular weight is 269 g/mol. The SMILES string of the molecule is C[C@@H]1CC[C@@H](COC(=O)CN2CCOCC2)[C@@H](C)C1. The molecule has 2 rings (SSSR count). The van der Waals surface area contributed by atoms with Crippen molar-refractivity contribution in [3.05, 3.63) is 0 Å². The summed E-state index contributed by atoms with van der Waals surface area (Å²) in [4.78, 5) is 13.9. The summed E-state index contributed by atoms with van der Waals surface area (Å²) in [5.74, 6) is 1.99. The Morgan fingerprint density at radius 3 is 2.68 bits per heavy atom. The zero-order chi connectivity index (χ0) is 13.7. The summed E-state index contributed by atoms with van der Waals surface area (Å²) in [5, 5.41) is 0. The molecule has 110 valence electrons. The normalized spacial score (nSPS) is 33.1. The summed E-state index contributed by atoms with van der Waals surface area (Å²) in [7, 11) is 0. The van der Waals surface area contributed by atoms with Gasteiger partial charge in [-0.25, -0.2) is 0 Å². The van der Waals surface area contributed by atoms with Crippen LogP contribution in [0.3, 0.4) is 0 Å². The quantitative estimate of drug-likeness (QED) is 0.731. The minimum Gasteiger partial charge on any atom is -0.464 e. The molecule has 2 aliphatic rings. The third-order valence-corrected chi connectivity index (χ3v) is 4.52. The molecule has 0 amide bonds. The fraction of sp³-hybridized carbons (Fsp3) is 0.933. The van der Waals surface area contributed by atoms with Crippen LogP contribution in [0.25, 0.3) is 0 Å². The average Bonchev–Trinajstić information content (AvgIpc) is 2.39. The smallest absolute Gasteiger partial charge is 0.320 e. The second-order valence-corrected chi connectivity index (χ2v) is 6.23. The summed E-state index contributed by atoms with van der Waals surface area (Å²) in [6.07, 6.45) is 3.74. The largest absolute Gasteiger partial charge is 0.464 e. The number of ether oxygens (including phenoxy) is 2. The molecule has 2 fully saturated rings. The number of hydrogen-bond acceptors (Lipinski definition) is 4. The Balaban J connectivity index is 1.65. The van der Waals surface area contributed by atoms with Gasteiger partial charge in [0, 0.05) is 13.1 Å². The minimum absolute atomic E-state index is 0.0762. The van der Waals surface area contributed by atoms with Gasteiger partial charge >= 0.3 is 5.97 Å². The first-order chi connectivity index (χ1) is 9.15. The molecule has 1 heterocycles. The van der Waals surface area contributed by atoms with Gasteiger partial charge in [0.15, 0.2) is 0 Å². The Hall–Kier alpha value is -0.610. The molecule has 0 spiro atoms. The number of hydrogen-bond donors (Lipinski definition) is 0. The number of esters is 1. The Kier molecular flexibility index (Phi) is 5.64. The van der Waals surface area contributed by atoms with Gasteiger partial charge in [-0.2, -0.15) is 0 Å². The maximum Gasteiger partial charge on any atom is 0.320 e. The molecule has 1 aliphatic carbocycles. The van der Waals surface area contributed by atoms with Gasteiger partial charge in [0.05, 0.1) is 26.4 Å². The summed E-state index contributed by atoms with van der Waals surface area (Å²) in [5.41, 5.74) is 0. The van der Waals surface area contributed by atoms with E-state index in [9.17, 15) is 4.79 Å². The van der Waals surface area contributed by atoms with Crippen molar-refractivity contribution < 1.29 is 14.3 Å². The summed E-state index contributed by atoms with van der Waals surface area (Å²) in [6, 6.07) is 0. The fourth-order valence-corrected chi connectivity index (χ4v) is 3.16. The van der Waals surface area contributed by atoms with Crippen LogP contribution in [0.4, 0.5) is 0 Å². The van der Waals surface area contributed by atoms with Crippen molar-refractivity contribution in [2.24, 2.45) is 17.8 Å². The van der Waals surface area contributed by atoms with Crippen molar-refractivity contribution in [3.63, 3.8) is 0 Å². The molecule has 4 heteroatoms. The van der Waals surface area contributed by atoms with Gasteiger partial charge in [-0.1, -0.05) is 20.3 Å². The van der Waals surface area contributed by atoms with Crippen LogP contribution < -0.4 is 0 Å². The Bertz CT molecular complexity index is 289. The molecule has 1 saturated carbocycles. The van der Waals surface area contributed by atoms with Crippen LogP contribution in [0.2, 0.25) is 0 Å². The second-order valence-electron chi connectivity index (χ2n) is 6.23. The molecule has 0 aromatic rings. The highest BCUT2D eigenvalue weighted by Gasteiger charge is 2.26. The van der Waals surface area contributed by atoms with E-state index < -0.39 is 0 Å². The third kappa shape index (κ3) is 4.77. The lowest BCUT2D eigenvalue weighted by Crippen LogP contribution is -2.40. The van der Waals surface area contributed by atoms with Crippen molar-refractivity contribution >= 4 is 5.97 Å². The lowest BCUT2D eigenvalue weighted by molar-refractivity contribution is -0.148. The maximum absolute atomic E-state index is 11.8. The molecule has 0 N–H and O–H groups in total. The molecule has 1 aliphatic heterocycles. The molecule has 0 bridgehead atoms. The summed E-state index contributed by atoms with van der Waals surface area (Å²) >= 11 is 0. The highest BCUT2D eigenvalue weighted by atomic mass is 16.5. The van der Waals surface area contributed by atoms with Crippen LogP contribution in [0.1, 0.15) is 33.1 Å². The van der Waals surface area contributed by atoms with E-state index in [2.05, 4.69) is 18.7 Å². The zero-order valence-corrected chi connectivity index (χ0v) is 12.3. The zero-order valence-electron chi connectivity index (χ0n) is 12.3. The van der Waals surface area contributed by atoms with E-state index in [1.54, 1.807) is 0 Å². The van der Waals surface area contributed by atoms with Gasteiger partial charge in [-0.05, 0) is 30.6 Å². The molecule has 0 aromatic heterocycles. The minimum atomic E-state index is -0.0762. The molecule has 0 unspecified atom stereocenters.